The third-order valence-corrected chi connectivity index (χ3v) is 21.8. The third-order valence-electron chi connectivity index (χ3n) is 21.4. The Balaban J connectivity index is 0.000000116. The monoisotopic (exact) mass is 1320 g/mol. The van der Waals surface area contributed by atoms with Gasteiger partial charge < -0.3 is 9.68 Å². The fourth-order valence-electron chi connectivity index (χ4n) is 17.1. The molecule has 463 valence electrons. The average Bonchev–Trinajstić information content (AvgIpc) is 1.51. The van der Waals surface area contributed by atoms with Gasteiger partial charge in [0.15, 0.2) is 0 Å². The van der Waals surface area contributed by atoms with E-state index < -0.39 is 0 Å². The first-order valence-corrected chi connectivity index (χ1v) is 34.7. The highest BCUT2D eigenvalue weighted by molar-refractivity contribution is 9.10. The maximum atomic E-state index is 9.30. The van der Waals surface area contributed by atoms with Crippen LogP contribution in [0.15, 0.2) is 320 Å². The molecule has 0 aromatic heterocycles. The van der Waals surface area contributed by atoms with Gasteiger partial charge in [0, 0.05) is 26.1 Å². The highest BCUT2D eigenvalue weighted by Crippen LogP contribution is 2.58. The van der Waals surface area contributed by atoms with Crippen LogP contribution in [0.2, 0.25) is 0 Å². The van der Waals surface area contributed by atoms with Crippen molar-refractivity contribution in [1.82, 2.24) is 0 Å². The maximum absolute atomic E-state index is 9.30. The molecule has 18 aromatic rings. The lowest BCUT2D eigenvalue weighted by Crippen LogP contribution is -2.15. The molecule has 4 heteroatoms. The van der Waals surface area contributed by atoms with E-state index in [2.05, 4.69) is 323 Å². The van der Waals surface area contributed by atoms with Crippen molar-refractivity contribution in [3.05, 3.63) is 342 Å². The fourth-order valence-corrected chi connectivity index (χ4v) is 17.5. The zero-order chi connectivity index (χ0) is 66.0. The quantitative estimate of drug-likeness (QED) is 0.106. The maximum Gasteiger partial charge on any atom is 0.569 e. The summed E-state index contributed by atoms with van der Waals surface area (Å²) in [5.41, 5.74) is 18.6. The Bertz CT molecular complexity index is 6240. The van der Waals surface area contributed by atoms with Crippen LogP contribution in [0.4, 0.5) is 0 Å². The minimum Gasteiger partial charge on any atom is -0.537 e. The molecule has 2 nitrogen and oxygen atoms in total. The topological polar surface area (TPSA) is 29.5 Å². The smallest absolute Gasteiger partial charge is 0.537 e. The van der Waals surface area contributed by atoms with E-state index in [9.17, 15) is 5.02 Å². The molecule has 0 spiro atoms. The minimum absolute atomic E-state index is 0.00893. The third kappa shape index (κ3) is 9.26. The van der Waals surface area contributed by atoms with Crippen molar-refractivity contribution in [2.45, 2.75) is 38.5 Å². The summed E-state index contributed by atoms with van der Waals surface area (Å²) in [5.74, 6) is 0.674. The van der Waals surface area contributed by atoms with Gasteiger partial charge in [0.1, 0.15) is 5.75 Å². The van der Waals surface area contributed by atoms with Gasteiger partial charge in [-0.15, -0.1) is 0 Å². The Morgan fingerprint density at radius 1 is 0.265 bits per heavy atom. The lowest BCUT2D eigenvalue weighted by Gasteiger charge is -2.24. The molecule has 1 N–H and O–H groups in total. The molecule has 0 fully saturated rings. The standard InChI is InChI=1S/C47H32.C24H16BO2.C23H17Br/c1-47(2)42-26-25-32(28-41(42)45-35-17-7-5-15-33(35)34-16-6-12-22-40(34)46(45)47)44-38-20-10-8-18-36(38)43(37-19-9-11-21-39(37)44)31-24-23-29-13-3-4-14-30(29)27-31;26-25-27-24-21-11-5-3-9-19(21)23(20-10-4-6-12-22(20)24)18-14-13-16-7-1-2-8-17(16)15-18;1-23(2)20-12-11-14(24)13-19(20)21-17-9-5-3-7-15(17)16-8-4-6-10-18(16)22(21)23/h3-28H,1-2H3;1-15,26H;3-13H,1-2H3. The molecule has 0 aliphatic heterocycles. The van der Waals surface area contributed by atoms with Gasteiger partial charge >= 0.3 is 7.69 Å². The van der Waals surface area contributed by atoms with Gasteiger partial charge in [-0.3, -0.25) is 0 Å². The zero-order valence-corrected chi connectivity index (χ0v) is 56.4. The second-order valence-electron chi connectivity index (χ2n) is 27.4. The summed E-state index contributed by atoms with van der Waals surface area (Å²) in [7, 11) is 0.754. The van der Waals surface area contributed by atoms with E-state index >= 15 is 0 Å². The number of halogens is 1. The Labute approximate surface area is 579 Å². The van der Waals surface area contributed by atoms with Gasteiger partial charge in [0.05, 0.1) is 0 Å². The zero-order valence-electron chi connectivity index (χ0n) is 54.8. The van der Waals surface area contributed by atoms with Crippen molar-refractivity contribution in [1.29, 1.82) is 0 Å². The van der Waals surface area contributed by atoms with Crippen molar-refractivity contribution < 1.29 is 9.68 Å². The average molecular weight is 1320 g/mol. The largest absolute Gasteiger partial charge is 0.569 e. The van der Waals surface area contributed by atoms with Crippen LogP contribution in [0.5, 0.6) is 5.75 Å². The number of rotatable bonds is 5. The van der Waals surface area contributed by atoms with E-state index in [0.717, 1.165) is 33.7 Å². The van der Waals surface area contributed by atoms with E-state index in [-0.39, 0.29) is 10.8 Å². The molecular formula is C94H65BBrO2. The summed E-state index contributed by atoms with van der Waals surface area (Å²) < 4.78 is 6.66. The summed E-state index contributed by atoms with van der Waals surface area (Å²) in [4.78, 5) is 0. The van der Waals surface area contributed by atoms with Crippen molar-refractivity contribution in [2.75, 3.05) is 0 Å². The summed E-state index contributed by atoms with van der Waals surface area (Å²) in [6.45, 7) is 9.52. The molecule has 1 radical (unpaired) electrons. The van der Waals surface area contributed by atoms with Gasteiger partial charge in [-0.1, -0.05) is 329 Å². The van der Waals surface area contributed by atoms with Gasteiger partial charge in [0.2, 0.25) is 0 Å². The van der Waals surface area contributed by atoms with E-state index in [1.165, 1.54) is 164 Å². The van der Waals surface area contributed by atoms with Gasteiger partial charge in [0.25, 0.3) is 0 Å². The van der Waals surface area contributed by atoms with Crippen molar-refractivity contribution in [3.8, 4) is 61.4 Å². The first-order valence-electron chi connectivity index (χ1n) is 33.9. The predicted octanol–water partition coefficient (Wildman–Crippen LogP) is 25.9. The minimum atomic E-state index is -0.114. The molecule has 0 saturated heterocycles. The van der Waals surface area contributed by atoms with Gasteiger partial charge in [-0.05, 0) is 205 Å². The molecule has 0 heterocycles. The molecule has 0 atom stereocenters. The Morgan fingerprint density at radius 2 is 0.541 bits per heavy atom. The number of hydrogen-bond acceptors (Lipinski definition) is 2. The van der Waals surface area contributed by atoms with Crippen LogP contribution in [0.3, 0.4) is 0 Å². The number of fused-ring (bicyclic) bond motifs is 22. The van der Waals surface area contributed by atoms with Crippen LogP contribution in [0.25, 0.3) is 163 Å². The molecule has 0 unspecified atom stereocenters. The molecule has 0 bridgehead atoms. The second-order valence-corrected chi connectivity index (χ2v) is 28.3. The Morgan fingerprint density at radius 3 is 0.929 bits per heavy atom. The summed E-state index contributed by atoms with van der Waals surface area (Å²) in [6.07, 6.45) is 0. The van der Waals surface area contributed by atoms with Crippen LogP contribution in [0, 0.1) is 0 Å². The SMILES string of the molecule is CC1(C)c2ccc(-c3c4ccccc4c(-c4ccc5ccccc5c4)c4ccccc34)cc2-c2c1c1ccccc1c1ccccc21.CC1(C)c2ccc(Br)cc2-c2c1c1ccccc1c1ccccc21.O[B]Oc1c2ccccc2c(-c2ccc3ccccc3c2)c2ccccc12. The van der Waals surface area contributed by atoms with E-state index in [1.807, 2.05) is 36.4 Å². The van der Waals surface area contributed by atoms with E-state index in [4.69, 9.17) is 4.65 Å². The molecule has 18 aromatic carbocycles. The molecule has 2 aliphatic carbocycles. The first-order chi connectivity index (χ1) is 48.0. The van der Waals surface area contributed by atoms with Crippen LogP contribution in [-0.4, -0.2) is 12.7 Å². The Hall–Kier alpha value is -11.1. The van der Waals surface area contributed by atoms with Crippen LogP contribution >= 0.6 is 15.9 Å². The lowest BCUT2D eigenvalue weighted by molar-refractivity contribution is 0.459. The van der Waals surface area contributed by atoms with Gasteiger partial charge in [-0.25, -0.2) is 0 Å². The molecule has 0 amide bonds. The van der Waals surface area contributed by atoms with Crippen LogP contribution in [0.1, 0.15) is 49.9 Å². The van der Waals surface area contributed by atoms with Crippen molar-refractivity contribution in [3.63, 3.8) is 0 Å². The fraction of sp³-hybridized carbons (Fsp3) is 0.0638. The molecule has 2 aliphatic rings. The Kier molecular flexibility index (Phi) is 14.1. The van der Waals surface area contributed by atoms with Crippen LogP contribution < -0.4 is 4.65 Å². The molecule has 20 rings (SSSR count). The van der Waals surface area contributed by atoms with E-state index in [0.29, 0.717) is 5.75 Å². The predicted molar refractivity (Wildman–Crippen MR) is 422 cm³/mol. The van der Waals surface area contributed by atoms with Crippen LogP contribution in [-0.2, 0) is 10.8 Å². The van der Waals surface area contributed by atoms with E-state index in [1.54, 1.807) is 0 Å². The molecular weight excluding hydrogens is 1250 g/mol. The first kappa shape index (κ1) is 59.4. The number of benzene rings is 18. The van der Waals surface area contributed by atoms with Crippen molar-refractivity contribution in [2.24, 2.45) is 0 Å². The van der Waals surface area contributed by atoms with Crippen molar-refractivity contribution >= 4 is 131 Å². The summed E-state index contributed by atoms with van der Waals surface area (Å²) in [6, 6.07) is 114. The highest BCUT2D eigenvalue weighted by Gasteiger charge is 2.40. The second kappa shape index (κ2) is 23.3. The lowest BCUT2D eigenvalue weighted by atomic mass is 9.79. The summed E-state index contributed by atoms with van der Waals surface area (Å²) in [5, 5.41) is 34.4. The normalized spacial score (nSPS) is 13.2. The molecule has 0 saturated carbocycles. The highest BCUT2D eigenvalue weighted by atomic mass is 79.9. The van der Waals surface area contributed by atoms with Gasteiger partial charge in [-0.2, -0.15) is 0 Å². The molecule has 98 heavy (non-hydrogen) atoms. The summed E-state index contributed by atoms with van der Waals surface area (Å²) >= 11 is 3.67. The number of hydrogen-bond donors (Lipinski definition) is 1.